The summed E-state index contributed by atoms with van der Waals surface area (Å²) in [5.41, 5.74) is 0. The molecule has 0 spiro atoms. The predicted octanol–water partition coefficient (Wildman–Crippen LogP) is 0.163. The van der Waals surface area contributed by atoms with Crippen LogP contribution >= 0.6 is 0 Å². The van der Waals surface area contributed by atoms with E-state index in [9.17, 15) is 9.90 Å². The Hall–Kier alpha value is -0.890. The normalized spacial score (nSPS) is 12.2. The fraction of sp³-hybridized carbons (Fsp3) is 0.917. The van der Waals surface area contributed by atoms with Crippen LogP contribution in [0.2, 0.25) is 0 Å². The summed E-state index contributed by atoms with van der Waals surface area (Å²) in [4.78, 5) is 10.7. The molecule has 0 unspecified atom stereocenters. The molecule has 0 heterocycles. The topological polar surface area (TPSA) is 86.3 Å². The van der Waals surface area contributed by atoms with Crippen LogP contribution in [0.25, 0.3) is 0 Å². The fourth-order valence-corrected chi connectivity index (χ4v) is 1.07. The van der Waals surface area contributed by atoms with Crippen LogP contribution in [0.5, 0.6) is 0 Å². The minimum Gasteiger partial charge on any atom is -0.453 e. The first-order valence-corrected chi connectivity index (χ1v) is 6.43. The van der Waals surface area contributed by atoms with Crippen LogP contribution in [-0.2, 0) is 18.9 Å². The highest BCUT2D eigenvalue weighted by Gasteiger charge is 1.99. The highest BCUT2D eigenvalue weighted by molar-refractivity contribution is 5.66. The number of methoxy groups -OCH3 is 1. The van der Waals surface area contributed by atoms with Crippen molar-refractivity contribution in [1.82, 2.24) is 5.32 Å². The van der Waals surface area contributed by atoms with E-state index >= 15 is 0 Å². The second-order valence-electron chi connectivity index (χ2n) is 3.78. The zero-order valence-electron chi connectivity index (χ0n) is 11.7. The minimum atomic E-state index is -0.466. The van der Waals surface area contributed by atoms with Crippen molar-refractivity contribution in [3.63, 3.8) is 0 Å². The quantitative estimate of drug-likeness (QED) is 0.495. The Morgan fingerprint density at radius 3 is 2.26 bits per heavy atom. The Morgan fingerprint density at radius 2 is 1.68 bits per heavy atom. The molecule has 0 radical (unpaired) electrons. The minimum absolute atomic E-state index is 0.343. The number of ether oxygens (including phenoxy) is 4. The molecule has 0 bridgehead atoms. The monoisotopic (exact) mass is 279 g/mol. The molecule has 0 aliphatic heterocycles. The van der Waals surface area contributed by atoms with Gasteiger partial charge in [0.1, 0.15) is 0 Å². The van der Waals surface area contributed by atoms with E-state index in [-0.39, 0.29) is 0 Å². The number of aliphatic hydroxyl groups excluding tert-OH is 1. The first kappa shape index (κ1) is 18.1. The zero-order valence-corrected chi connectivity index (χ0v) is 11.7. The lowest BCUT2D eigenvalue weighted by Crippen LogP contribution is -2.27. The summed E-state index contributed by atoms with van der Waals surface area (Å²) in [5.74, 6) is 0. The van der Waals surface area contributed by atoms with Gasteiger partial charge >= 0.3 is 6.09 Å². The second-order valence-corrected chi connectivity index (χ2v) is 3.78. The molecule has 0 aliphatic carbocycles. The molecular weight excluding hydrogens is 254 g/mol. The van der Waals surface area contributed by atoms with Crippen LogP contribution in [0.3, 0.4) is 0 Å². The van der Waals surface area contributed by atoms with Crippen molar-refractivity contribution in [2.75, 3.05) is 53.3 Å². The number of nitrogens with one attached hydrogen (secondary N) is 1. The Morgan fingerprint density at radius 1 is 1.11 bits per heavy atom. The maximum absolute atomic E-state index is 10.7. The Bertz CT molecular complexity index is 214. The SMILES string of the molecule is CC[C@H](O)COCCOCCOCCNC(=O)OC. The average Bonchev–Trinajstić information content (AvgIpc) is 2.43. The molecular formula is C12H25NO6. The molecule has 0 fully saturated rings. The molecule has 0 saturated carbocycles. The summed E-state index contributed by atoms with van der Waals surface area (Å²) >= 11 is 0. The van der Waals surface area contributed by atoms with Gasteiger partial charge in [0.25, 0.3) is 0 Å². The Labute approximate surface area is 114 Å². The number of aliphatic hydroxyl groups is 1. The lowest BCUT2D eigenvalue weighted by Gasteiger charge is -2.09. The highest BCUT2D eigenvalue weighted by atomic mass is 16.5. The van der Waals surface area contributed by atoms with Gasteiger partial charge in [-0.3, -0.25) is 0 Å². The van der Waals surface area contributed by atoms with Crippen LogP contribution in [0, 0.1) is 0 Å². The van der Waals surface area contributed by atoms with Gasteiger partial charge in [-0.2, -0.15) is 0 Å². The maximum Gasteiger partial charge on any atom is 0.406 e. The van der Waals surface area contributed by atoms with Gasteiger partial charge < -0.3 is 29.4 Å². The molecule has 7 nitrogen and oxygen atoms in total. The van der Waals surface area contributed by atoms with Crippen LogP contribution in [0.4, 0.5) is 4.79 Å². The number of hydrogen-bond donors (Lipinski definition) is 2. The first-order valence-electron chi connectivity index (χ1n) is 6.43. The van der Waals surface area contributed by atoms with Crippen molar-refractivity contribution in [3.8, 4) is 0 Å². The van der Waals surface area contributed by atoms with Gasteiger partial charge in [0.15, 0.2) is 0 Å². The van der Waals surface area contributed by atoms with Crippen LogP contribution in [-0.4, -0.2) is 70.6 Å². The van der Waals surface area contributed by atoms with E-state index in [1.807, 2.05) is 6.92 Å². The van der Waals surface area contributed by atoms with Crippen molar-refractivity contribution in [3.05, 3.63) is 0 Å². The Kier molecular flexibility index (Phi) is 12.9. The van der Waals surface area contributed by atoms with Crippen molar-refractivity contribution in [1.29, 1.82) is 0 Å². The maximum atomic E-state index is 10.7. The summed E-state index contributed by atoms with van der Waals surface area (Å²) < 4.78 is 20.1. The number of hydrogen-bond acceptors (Lipinski definition) is 6. The van der Waals surface area contributed by atoms with Gasteiger partial charge in [0.2, 0.25) is 0 Å². The van der Waals surface area contributed by atoms with Crippen molar-refractivity contribution >= 4 is 6.09 Å². The summed E-state index contributed by atoms with van der Waals surface area (Å²) in [5, 5.41) is 11.7. The molecule has 1 amide bonds. The summed E-state index contributed by atoms with van der Waals surface area (Å²) in [6.45, 7) is 4.92. The number of alkyl carbamates (subject to hydrolysis) is 1. The molecule has 114 valence electrons. The van der Waals surface area contributed by atoms with Crippen molar-refractivity contribution < 1.29 is 28.8 Å². The molecule has 1 atom stereocenters. The lowest BCUT2D eigenvalue weighted by atomic mass is 10.3. The molecule has 0 rings (SSSR count). The average molecular weight is 279 g/mol. The van der Waals surface area contributed by atoms with Gasteiger partial charge in [-0.15, -0.1) is 0 Å². The van der Waals surface area contributed by atoms with Crippen molar-refractivity contribution in [2.24, 2.45) is 0 Å². The Balaban J connectivity index is 3.05. The first-order chi connectivity index (χ1) is 9.20. The van der Waals surface area contributed by atoms with E-state index in [1.165, 1.54) is 7.11 Å². The summed E-state index contributed by atoms with van der Waals surface area (Å²) in [7, 11) is 1.31. The van der Waals surface area contributed by atoms with Crippen LogP contribution < -0.4 is 5.32 Å². The fourth-order valence-electron chi connectivity index (χ4n) is 1.07. The molecule has 0 aromatic rings. The number of amides is 1. The van der Waals surface area contributed by atoms with Crippen molar-refractivity contribution in [2.45, 2.75) is 19.4 Å². The molecule has 2 N–H and O–H groups in total. The number of carbonyl (C=O) groups is 1. The van der Waals surface area contributed by atoms with Gasteiger partial charge in [-0.1, -0.05) is 6.92 Å². The second kappa shape index (κ2) is 13.5. The van der Waals surface area contributed by atoms with E-state index in [1.54, 1.807) is 0 Å². The molecule has 0 aliphatic rings. The molecule has 19 heavy (non-hydrogen) atoms. The molecule has 7 heteroatoms. The smallest absolute Gasteiger partial charge is 0.406 e. The van der Waals surface area contributed by atoms with E-state index in [0.29, 0.717) is 52.6 Å². The van der Waals surface area contributed by atoms with Crippen LogP contribution in [0.1, 0.15) is 13.3 Å². The van der Waals surface area contributed by atoms with Gasteiger partial charge in [0, 0.05) is 6.54 Å². The lowest BCUT2D eigenvalue weighted by molar-refractivity contribution is -0.00995. The predicted molar refractivity (Wildman–Crippen MR) is 69.2 cm³/mol. The summed E-state index contributed by atoms with van der Waals surface area (Å²) in [6.07, 6.45) is -0.175. The van der Waals surface area contributed by atoms with Crippen LogP contribution in [0.15, 0.2) is 0 Å². The number of rotatable bonds is 12. The zero-order chi connectivity index (χ0) is 14.3. The third kappa shape index (κ3) is 13.3. The van der Waals surface area contributed by atoms with Gasteiger partial charge in [0.05, 0.1) is 52.9 Å². The van der Waals surface area contributed by atoms with Gasteiger partial charge in [-0.05, 0) is 6.42 Å². The summed E-state index contributed by atoms with van der Waals surface area (Å²) in [6, 6.07) is 0. The third-order valence-electron chi connectivity index (χ3n) is 2.23. The van der Waals surface area contributed by atoms with Gasteiger partial charge in [-0.25, -0.2) is 4.79 Å². The molecule has 0 saturated heterocycles. The van der Waals surface area contributed by atoms with E-state index < -0.39 is 12.2 Å². The van der Waals surface area contributed by atoms with E-state index in [4.69, 9.17) is 14.2 Å². The standard InChI is InChI=1S/C12H25NO6/c1-3-11(14)10-19-9-8-18-7-6-17-5-4-13-12(15)16-2/h11,14H,3-10H2,1-2H3,(H,13,15)/t11-/m0/s1. The molecule has 0 aromatic carbocycles. The largest absolute Gasteiger partial charge is 0.453 e. The third-order valence-corrected chi connectivity index (χ3v) is 2.23. The molecule has 0 aromatic heterocycles. The number of carbonyl (C=O) groups excluding carboxylic acids is 1. The van der Waals surface area contributed by atoms with E-state index in [2.05, 4.69) is 10.1 Å². The highest BCUT2D eigenvalue weighted by Crippen LogP contribution is 1.90. The van der Waals surface area contributed by atoms with E-state index in [0.717, 1.165) is 0 Å².